The largest absolute Gasteiger partial charge is 0.468 e. The second kappa shape index (κ2) is 6.17. The number of hydrogen-bond acceptors (Lipinski definition) is 6. The maximum atomic E-state index is 5.74. The maximum Gasteiger partial charge on any atom is 0.233 e. The summed E-state index contributed by atoms with van der Waals surface area (Å²) in [5.41, 5.74) is 0. The van der Waals surface area contributed by atoms with Gasteiger partial charge in [0.15, 0.2) is 11.6 Å². The molecule has 0 amide bonds. The molecule has 0 N–H and O–H groups in total. The highest BCUT2D eigenvalue weighted by Crippen LogP contribution is 2.13. The monoisotopic (exact) mass is 312 g/mol. The van der Waals surface area contributed by atoms with Crippen molar-refractivity contribution >= 4 is 0 Å². The molecule has 1 aliphatic rings. The van der Waals surface area contributed by atoms with Gasteiger partial charge in [-0.25, -0.2) is 9.67 Å². The summed E-state index contributed by atoms with van der Waals surface area (Å²) in [5.74, 6) is 3.01. The predicted molar refractivity (Wildman–Crippen MR) is 80.2 cm³/mol. The minimum absolute atomic E-state index is 0.326. The van der Waals surface area contributed by atoms with Crippen molar-refractivity contribution in [3.63, 3.8) is 0 Å². The van der Waals surface area contributed by atoms with E-state index in [0.717, 1.165) is 30.4 Å². The topological polar surface area (TPSA) is 79.9 Å². The Balaban J connectivity index is 1.46. The van der Waals surface area contributed by atoms with Crippen LogP contribution in [0.5, 0.6) is 5.88 Å². The molecule has 0 saturated carbocycles. The smallest absolute Gasteiger partial charge is 0.233 e. The molecular formula is C15H16N6O2. The van der Waals surface area contributed by atoms with Crippen molar-refractivity contribution in [3.8, 4) is 11.7 Å². The van der Waals surface area contributed by atoms with Crippen molar-refractivity contribution in [2.75, 3.05) is 13.2 Å². The van der Waals surface area contributed by atoms with Crippen molar-refractivity contribution in [3.05, 3.63) is 48.3 Å². The summed E-state index contributed by atoms with van der Waals surface area (Å²) in [5, 5.41) is 12.8. The van der Waals surface area contributed by atoms with Crippen LogP contribution < -0.4 is 4.74 Å². The number of rotatable bonds is 4. The van der Waals surface area contributed by atoms with Crippen LogP contribution >= 0.6 is 0 Å². The van der Waals surface area contributed by atoms with Crippen LogP contribution in [0.3, 0.4) is 0 Å². The summed E-state index contributed by atoms with van der Waals surface area (Å²) in [4.78, 5) is 4.24. The number of aromatic nitrogens is 6. The predicted octanol–water partition coefficient (Wildman–Crippen LogP) is 1.01. The Morgan fingerprint density at radius 1 is 1.17 bits per heavy atom. The Labute approximate surface area is 132 Å². The van der Waals surface area contributed by atoms with Crippen LogP contribution in [0.1, 0.15) is 11.6 Å². The van der Waals surface area contributed by atoms with Crippen molar-refractivity contribution < 1.29 is 9.47 Å². The Hall–Kier alpha value is -2.74. The van der Waals surface area contributed by atoms with Gasteiger partial charge in [0, 0.05) is 31.4 Å². The van der Waals surface area contributed by atoms with Crippen molar-refractivity contribution in [2.45, 2.75) is 19.6 Å². The Morgan fingerprint density at radius 2 is 2.17 bits per heavy atom. The summed E-state index contributed by atoms with van der Waals surface area (Å²) < 4.78 is 14.9. The van der Waals surface area contributed by atoms with Crippen LogP contribution in [0.15, 0.2) is 36.7 Å². The van der Waals surface area contributed by atoms with E-state index in [1.54, 1.807) is 16.9 Å². The van der Waals surface area contributed by atoms with Crippen molar-refractivity contribution in [1.82, 2.24) is 29.5 Å². The first-order valence-corrected chi connectivity index (χ1v) is 7.49. The molecule has 0 unspecified atom stereocenters. The van der Waals surface area contributed by atoms with E-state index >= 15 is 0 Å². The SMILES string of the molecule is c1ccc(-n2ccc(OCc3nnc4n3CCOCC4)n2)nc1. The molecule has 0 bridgehead atoms. The first-order valence-electron chi connectivity index (χ1n) is 7.49. The number of fused-ring (bicyclic) bond motifs is 1. The van der Waals surface area contributed by atoms with Crippen LogP contribution in [0.25, 0.3) is 5.82 Å². The van der Waals surface area contributed by atoms with Crippen LogP contribution in [-0.2, 0) is 24.3 Å². The molecule has 0 atom stereocenters. The van der Waals surface area contributed by atoms with Gasteiger partial charge in [0.05, 0.1) is 13.2 Å². The van der Waals surface area contributed by atoms with E-state index < -0.39 is 0 Å². The fraction of sp³-hybridized carbons (Fsp3) is 0.333. The summed E-state index contributed by atoms with van der Waals surface area (Å²) in [7, 11) is 0. The molecule has 3 aromatic heterocycles. The number of ether oxygens (including phenoxy) is 2. The van der Waals surface area contributed by atoms with E-state index in [1.807, 2.05) is 24.4 Å². The zero-order valence-electron chi connectivity index (χ0n) is 12.5. The van der Waals surface area contributed by atoms with Crippen LogP contribution in [0, 0.1) is 0 Å². The molecule has 0 saturated heterocycles. The molecule has 0 radical (unpaired) electrons. The van der Waals surface area contributed by atoms with E-state index in [4.69, 9.17) is 9.47 Å². The molecule has 4 rings (SSSR count). The summed E-state index contributed by atoms with van der Waals surface area (Å²) in [6.45, 7) is 2.44. The summed E-state index contributed by atoms with van der Waals surface area (Å²) >= 11 is 0. The maximum absolute atomic E-state index is 5.74. The van der Waals surface area contributed by atoms with Crippen molar-refractivity contribution in [1.29, 1.82) is 0 Å². The normalized spacial score (nSPS) is 14.3. The van der Waals surface area contributed by atoms with E-state index in [1.165, 1.54) is 0 Å². The molecule has 23 heavy (non-hydrogen) atoms. The first-order chi connectivity index (χ1) is 11.4. The van der Waals surface area contributed by atoms with Gasteiger partial charge < -0.3 is 14.0 Å². The number of pyridine rings is 1. The van der Waals surface area contributed by atoms with Gasteiger partial charge in [-0.2, -0.15) is 0 Å². The average molecular weight is 312 g/mol. The van der Waals surface area contributed by atoms with E-state index in [-0.39, 0.29) is 0 Å². The van der Waals surface area contributed by atoms with E-state index in [9.17, 15) is 0 Å². The van der Waals surface area contributed by atoms with Gasteiger partial charge in [-0.15, -0.1) is 15.3 Å². The highest BCUT2D eigenvalue weighted by atomic mass is 16.5. The summed E-state index contributed by atoms with van der Waals surface area (Å²) in [6.07, 6.45) is 4.32. The third-order valence-electron chi connectivity index (χ3n) is 3.63. The second-order valence-electron chi connectivity index (χ2n) is 5.12. The Morgan fingerprint density at radius 3 is 3.09 bits per heavy atom. The van der Waals surface area contributed by atoms with Gasteiger partial charge in [-0.3, -0.25) is 0 Å². The molecule has 3 aromatic rings. The zero-order chi connectivity index (χ0) is 15.5. The van der Waals surface area contributed by atoms with Gasteiger partial charge >= 0.3 is 0 Å². The molecule has 0 aromatic carbocycles. The van der Waals surface area contributed by atoms with E-state index in [0.29, 0.717) is 25.7 Å². The van der Waals surface area contributed by atoms with Crippen LogP contribution in [-0.4, -0.2) is 42.7 Å². The highest BCUT2D eigenvalue weighted by Gasteiger charge is 2.15. The van der Waals surface area contributed by atoms with Gasteiger partial charge in [-0.05, 0) is 12.1 Å². The Kier molecular flexibility index (Phi) is 3.73. The summed E-state index contributed by atoms with van der Waals surface area (Å²) in [6, 6.07) is 7.47. The van der Waals surface area contributed by atoms with Crippen molar-refractivity contribution in [2.24, 2.45) is 0 Å². The fourth-order valence-electron chi connectivity index (χ4n) is 2.48. The van der Waals surface area contributed by atoms with Crippen LogP contribution in [0.4, 0.5) is 0 Å². The molecule has 0 aliphatic carbocycles. The van der Waals surface area contributed by atoms with E-state index in [2.05, 4.69) is 24.8 Å². The fourth-order valence-corrected chi connectivity index (χ4v) is 2.48. The van der Waals surface area contributed by atoms with Gasteiger partial charge in [-0.1, -0.05) is 6.07 Å². The molecule has 0 fully saturated rings. The molecule has 1 aliphatic heterocycles. The molecule has 0 spiro atoms. The second-order valence-corrected chi connectivity index (χ2v) is 5.12. The standard InChI is InChI=1S/C15H16N6O2/c1-2-6-16-12(3-1)21-7-4-15(19-21)23-11-14-18-17-13-5-9-22-10-8-20(13)14/h1-4,6-7H,5,8-11H2. The van der Waals surface area contributed by atoms with Crippen LogP contribution in [0.2, 0.25) is 0 Å². The molecule has 8 heteroatoms. The Bertz CT molecular complexity index is 782. The third-order valence-corrected chi connectivity index (χ3v) is 3.63. The minimum atomic E-state index is 0.326. The number of hydrogen-bond donors (Lipinski definition) is 0. The number of nitrogens with zero attached hydrogens (tertiary/aromatic N) is 6. The molecule has 118 valence electrons. The lowest BCUT2D eigenvalue weighted by atomic mass is 10.4. The van der Waals surface area contributed by atoms with Gasteiger partial charge in [0.2, 0.25) is 5.88 Å². The van der Waals surface area contributed by atoms with Gasteiger partial charge in [0.1, 0.15) is 12.4 Å². The van der Waals surface area contributed by atoms with Gasteiger partial charge in [0.25, 0.3) is 0 Å². The lowest BCUT2D eigenvalue weighted by Gasteiger charge is -2.06. The molecule has 4 heterocycles. The molecular weight excluding hydrogens is 296 g/mol. The lowest BCUT2D eigenvalue weighted by molar-refractivity contribution is 0.138. The zero-order valence-corrected chi connectivity index (χ0v) is 12.5. The quantitative estimate of drug-likeness (QED) is 0.715. The minimum Gasteiger partial charge on any atom is -0.468 e. The third kappa shape index (κ3) is 2.93. The highest BCUT2D eigenvalue weighted by molar-refractivity contribution is 5.22. The lowest BCUT2D eigenvalue weighted by Crippen LogP contribution is -2.11. The molecule has 8 nitrogen and oxygen atoms in total. The average Bonchev–Trinajstić information content (AvgIpc) is 3.15. The first kappa shape index (κ1) is 13.9.